The van der Waals surface area contributed by atoms with Gasteiger partial charge in [-0.15, -0.1) is 0 Å². The lowest BCUT2D eigenvalue weighted by molar-refractivity contribution is -0.153. The van der Waals surface area contributed by atoms with E-state index in [-0.39, 0.29) is 6.10 Å². The van der Waals surface area contributed by atoms with Crippen LogP contribution >= 0.6 is 0 Å². The van der Waals surface area contributed by atoms with Crippen LogP contribution in [0.1, 0.15) is 47.0 Å². The molecule has 1 atom stereocenters. The molecule has 20 heavy (non-hydrogen) atoms. The average molecular weight is 286 g/mol. The van der Waals surface area contributed by atoms with Crippen molar-refractivity contribution in [1.82, 2.24) is 10.6 Å². The van der Waals surface area contributed by atoms with Crippen LogP contribution in [0.4, 0.5) is 4.79 Å². The van der Waals surface area contributed by atoms with E-state index in [1.807, 2.05) is 6.92 Å². The average Bonchev–Trinajstić information content (AvgIpc) is 3.09. The largest absolute Gasteiger partial charge is 0.461 e. The Labute approximate surface area is 120 Å². The van der Waals surface area contributed by atoms with Crippen LogP contribution in [0.3, 0.4) is 0 Å². The van der Waals surface area contributed by atoms with Crippen LogP contribution in [0.25, 0.3) is 0 Å². The molecule has 1 fully saturated rings. The zero-order valence-electron chi connectivity index (χ0n) is 13.0. The van der Waals surface area contributed by atoms with Crippen molar-refractivity contribution < 1.29 is 19.1 Å². The summed E-state index contributed by atoms with van der Waals surface area (Å²) >= 11 is 0. The topological polar surface area (TPSA) is 76.7 Å². The Hall–Kier alpha value is -1.30. The smallest absolute Gasteiger partial charge is 0.408 e. The summed E-state index contributed by atoms with van der Waals surface area (Å²) in [5.74, 6) is -0.400. The van der Waals surface area contributed by atoms with E-state index in [1.165, 1.54) is 0 Å². The molecule has 1 aliphatic rings. The van der Waals surface area contributed by atoms with Crippen LogP contribution in [0.15, 0.2) is 0 Å². The van der Waals surface area contributed by atoms with Gasteiger partial charge in [0.2, 0.25) is 0 Å². The summed E-state index contributed by atoms with van der Waals surface area (Å²) < 4.78 is 10.6. The highest BCUT2D eigenvalue weighted by Crippen LogP contribution is 2.26. The molecule has 2 N–H and O–H groups in total. The van der Waals surface area contributed by atoms with Gasteiger partial charge in [0.05, 0.1) is 0 Å². The summed E-state index contributed by atoms with van der Waals surface area (Å²) in [4.78, 5) is 24.3. The summed E-state index contributed by atoms with van der Waals surface area (Å²) in [6.07, 6.45) is 1.63. The van der Waals surface area contributed by atoms with Crippen LogP contribution < -0.4 is 10.6 Å². The Kier molecular flexibility index (Phi) is 5.39. The fraction of sp³-hybridized carbons (Fsp3) is 0.857. The number of amides is 1. The highest BCUT2D eigenvalue weighted by molar-refractivity contribution is 5.86. The second kappa shape index (κ2) is 6.43. The molecule has 0 saturated heterocycles. The highest BCUT2D eigenvalue weighted by atomic mass is 16.6. The van der Waals surface area contributed by atoms with Crippen molar-refractivity contribution in [2.24, 2.45) is 0 Å². The zero-order valence-corrected chi connectivity index (χ0v) is 13.0. The molecule has 0 radical (unpaired) electrons. The number of likely N-dealkylation sites (N-methyl/N-ethyl adjacent to an activating group) is 1. The van der Waals surface area contributed by atoms with E-state index in [0.29, 0.717) is 13.0 Å². The lowest BCUT2D eigenvalue weighted by Gasteiger charge is -2.32. The number of carbonyl (C=O) groups excluding carboxylic acids is 2. The minimum absolute atomic E-state index is 0.00529. The molecule has 1 saturated carbocycles. The molecule has 6 heteroatoms. The molecule has 0 aromatic rings. The van der Waals surface area contributed by atoms with Gasteiger partial charge in [0.15, 0.2) is 5.54 Å². The third kappa shape index (κ3) is 5.00. The molecule has 6 nitrogen and oxygen atoms in total. The Morgan fingerprint density at radius 3 is 2.25 bits per heavy atom. The number of hydrogen-bond acceptors (Lipinski definition) is 5. The monoisotopic (exact) mass is 286 g/mol. The van der Waals surface area contributed by atoms with Gasteiger partial charge in [-0.1, -0.05) is 6.92 Å². The third-order valence-electron chi connectivity index (χ3n) is 3.01. The van der Waals surface area contributed by atoms with Crippen molar-refractivity contribution in [2.75, 3.05) is 13.6 Å². The summed E-state index contributed by atoms with van der Waals surface area (Å²) in [6, 6.07) is 0. The van der Waals surface area contributed by atoms with Gasteiger partial charge in [0.25, 0.3) is 0 Å². The van der Waals surface area contributed by atoms with E-state index in [1.54, 1.807) is 27.8 Å². The number of alkyl carbamates (subject to hydrolysis) is 1. The molecule has 1 unspecified atom stereocenters. The van der Waals surface area contributed by atoms with Crippen LogP contribution in [0.2, 0.25) is 0 Å². The molecule has 0 aliphatic heterocycles. The minimum atomic E-state index is -1.08. The number of hydrogen-bond donors (Lipinski definition) is 2. The first-order valence-corrected chi connectivity index (χ1v) is 7.09. The summed E-state index contributed by atoms with van der Waals surface area (Å²) in [5, 5.41) is 5.60. The van der Waals surface area contributed by atoms with Crippen molar-refractivity contribution in [3.63, 3.8) is 0 Å². The number of ether oxygens (including phenoxy) is 2. The van der Waals surface area contributed by atoms with Crippen LogP contribution in [0.5, 0.6) is 0 Å². The van der Waals surface area contributed by atoms with Gasteiger partial charge >= 0.3 is 12.1 Å². The first-order chi connectivity index (χ1) is 9.22. The SMILES string of the molecule is CCC(CNC)(NC(=O)OC(C)(C)C)C(=O)OC1CC1. The van der Waals surface area contributed by atoms with E-state index in [0.717, 1.165) is 12.8 Å². The number of nitrogens with one attached hydrogen (secondary N) is 2. The maximum absolute atomic E-state index is 12.3. The molecule has 0 heterocycles. The van der Waals surface area contributed by atoms with E-state index >= 15 is 0 Å². The van der Waals surface area contributed by atoms with Crippen LogP contribution in [-0.4, -0.2) is 42.9 Å². The highest BCUT2D eigenvalue weighted by Gasteiger charge is 2.43. The van der Waals surface area contributed by atoms with Gasteiger partial charge in [0.1, 0.15) is 11.7 Å². The molecule has 0 aromatic heterocycles. The molecular weight excluding hydrogens is 260 g/mol. The summed E-state index contributed by atoms with van der Waals surface area (Å²) in [5.41, 5.74) is -1.69. The first-order valence-electron chi connectivity index (χ1n) is 7.09. The van der Waals surface area contributed by atoms with E-state index < -0.39 is 23.2 Å². The third-order valence-corrected chi connectivity index (χ3v) is 3.01. The van der Waals surface area contributed by atoms with E-state index in [9.17, 15) is 9.59 Å². The zero-order chi connectivity index (χ0) is 15.4. The van der Waals surface area contributed by atoms with Gasteiger partial charge in [-0.2, -0.15) is 0 Å². The number of carbonyl (C=O) groups is 2. The Bertz CT molecular complexity index is 361. The molecule has 1 rings (SSSR count). The number of esters is 1. The maximum Gasteiger partial charge on any atom is 0.408 e. The van der Waals surface area contributed by atoms with Crippen molar-refractivity contribution in [3.8, 4) is 0 Å². The lowest BCUT2D eigenvalue weighted by Crippen LogP contribution is -2.60. The normalized spacial score (nSPS) is 18.1. The van der Waals surface area contributed by atoms with Gasteiger partial charge in [-0.3, -0.25) is 0 Å². The fourth-order valence-corrected chi connectivity index (χ4v) is 1.78. The van der Waals surface area contributed by atoms with Gasteiger partial charge in [0, 0.05) is 6.54 Å². The predicted octanol–water partition coefficient (Wildman–Crippen LogP) is 1.58. The predicted molar refractivity (Wildman–Crippen MR) is 75.4 cm³/mol. The van der Waals surface area contributed by atoms with Gasteiger partial charge in [-0.05, 0) is 47.1 Å². The summed E-state index contributed by atoms with van der Waals surface area (Å²) in [6.45, 7) is 7.47. The van der Waals surface area contributed by atoms with E-state index in [2.05, 4.69) is 10.6 Å². The molecule has 0 spiro atoms. The summed E-state index contributed by atoms with van der Waals surface area (Å²) in [7, 11) is 1.73. The minimum Gasteiger partial charge on any atom is -0.461 e. The van der Waals surface area contributed by atoms with Crippen LogP contribution in [0, 0.1) is 0 Å². The van der Waals surface area contributed by atoms with Gasteiger partial charge in [-0.25, -0.2) is 9.59 Å². The molecule has 0 aromatic carbocycles. The first kappa shape index (κ1) is 16.8. The fourth-order valence-electron chi connectivity index (χ4n) is 1.78. The lowest BCUT2D eigenvalue weighted by atomic mass is 9.96. The van der Waals surface area contributed by atoms with E-state index in [4.69, 9.17) is 9.47 Å². The number of rotatable bonds is 6. The Balaban J connectivity index is 2.75. The van der Waals surface area contributed by atoms with Crippen molar-refractivity contribution >= 4 is 12.1 Å². The molecule has 1 aliphatic carbocycles. The van der Waals surface area contributed by atoms with Crippen molar-refractivity contribution in [1.29, 1.82) is 0 Å². The second-order valence-corrected chi connectivity index (χ2v) is 6.20. The molecule has 0 bridgehead atoms. The standard InChI is InChI=1S/C14H26N2O4/c1-6-14(9-15-5,11(17)19-10-7-8-10)16-12(18)20-13(2,3)4/h10,15H,6-9H2,1-5H3,(H,16,18). The van der Waals surface area contributed by atoms with Crippen molar-refractivity contribution in [2.45, 2.75) is 64.2 Å². The Morgan fingerprint density at radius 1 is 1.25 bits per heavy atom. The molecular formula is C14H26N2O4. The molecule has 1 amide bonds. The quantitative estimate of drug-likeness (QED) is 0.725. The molecule has 116 valence electrons. The Morgan fingerprint density at radius 2 is 1.85 bits per heavy atom. The van der Waals surface area contributed by atoms with Crippen molar-refractivity contribution in [3.05, 3.63) is 0 Å². The van der Waals surface area contributed by atoms with Crippen LogP contribution in [-0.2, 0) is 14.3 Å². The maximum atomic E-state index is 12.3. The van der Waals surface area contributed by atoms with Gasteiger partial charge < -0.3 is 20.1 Å². The second-order valence-electron chi connectivity index (χ2n) is 6.20.